The number of carbonyl (C=O) groups is 1. The van der Waals surface area contributed by atoms with Crippen molar-refractivity contribution in [1.29, 1.82) is 0 Å². The molecule has 8 heteroatoms. The molecule has 2 heterocycles. The van der Waals surface area contributed by atoms with E-state index in [1.165, 1.54) is 6.07 Å². The van der Waals surface area contributed by atoms with Crippen molar-refractivity contribution in [3.63, 3.8) is 0 Å². The first-order chi connectivity index (χ1) is 9.44. The second kappa shape index (κ2) is 6.21. The number of amides is 1. The zero-order valence-corrected chi connectivity index (χ0v) is 13.0. The maximum Gasteiger partial charge on any atom is 0.250 e. The lowest BCUT2D eigenvalue weighted by molar-refractivity contribution is -0.131. The van der Waals surface area contributed by atoms with Crippen molar-refractivity contribution < 1.29 is 13.2 Å². The predicted molar refractivity (Wildman–Crippen MR) is 77.8 cm³/mol. The lowest BCUT2D eigenvalue weighted by Gasteiger charge is -2.20. The monoisotopic (exact) mass is 317 g/mol. The maximum absolute atomic E-state index is 12.2. The van der Waals surface area contributed by atoms with E-state index in [0.29, 0.717) is 19.6 Å². The van der Waals surface area contributed by atoms with Crippen molar-refractivity contribution in [3.05, 3.63) is 17.0 Å². The highest BCUT2D eigenvalue weighted by Gasteiger charge is 2.27. The molecule has 0 aliphatic carbocycles. The standard InChI is InChI=1S/C12H19N3O3S2/c1-9(12(16)15-6-2-3-7-15)14-20(17,18)11-5-4-10(8-13)19-11/h4-5,9,14H,2-3,6-8,13H2,1H3. The smallest absolute Gasteiger partial charge is 0.250 e. The molecule has 1 aliphatic rings. The fraction of sp³-hybridized carbons (Fsp3) is 0.583. The van der Waals surface area contributed by atoms with E-state index >= 15 is 0 Å². The van der Waals surface area contributed by atoms with Gasteiger partial charge in [-0.15, -0.1) is 11.3 Å². The van der Waals surface area contributed by atoms with Crippen molar-refractivity contribution in [2.45, 2.75) is 36.6 Å². The van der Waals surface area contributed by atoms with Crippen LogP contribution < -0.4 is 10.5 Å². The number of rotatable bonds is 5. The largest absolute Gasteiger partial charge is 0.341 e. The van der Waals surface area contributed by atoms with E-state index in [0.717, 1.165) is 29.1 Å². The predicted octanol–water partition coefficient (Wildman–Crippen LogP) is 0.496. The number of hydrogen-bond donors (Lipinski definition) is 2. The van der Waals surface area contributed by atoms with Gasteiger partial charge in [-0.3, -0.25) is 4.79 Å². The van der Waals surface area contributed by atoms with Gasteiger partial charge in [-0.2, -0.15) is 4.72 Å². The third kappa shape index (κ3) is 3.38. The summed E-state index contributed by atoms with van der Waals surface area (Å²) in [6, 6.07) is 2.45. The second-order valence-electron chi connectivity index (χ2n) is 4.80. The van der Waals surface area contributed by atoms with Crippen LogP contribution in [0.15, 0.2) is 16.3 Å². The van der Waals surface area contributed by atoms with Crippen LogP contribution >= 0.6 is 11.3 Å². The van der Waals surface area contributed by atoms with E-state index in [2.05, 4.69) is 4.72 Å². The summed E-state index contributed by atoms with van der Waals surface area (Å²) >= 11 is 1.13. The first-order valence-corrected chi connectivity index (χ1v) is 8.84. The minimum atomic E-state index is -3.66. The van der Waals surface area contributed by atoms with Gasteiger partial charge in [0.2, 0.25) is 5.91 Å². The van der Waals surface area contributed by atoms with Gasteiger partial charge in [0.05, 0.1) is 6.04 Å². The van der Waals surface area contributed by atoms with Crippen LogP contribution in [0.3, 0.4) is 0 Å². The Kier molecular flexibility index (Phi) is 4.79. The molecular formula is C12H19N3O3S2. The van der Waals surface area contributed by atoms with Crippen molar-refractivity contribution in [3.8, 4) is 0 Å². The summed E-state index contributed by atoms with van der Waals surface area (Å²) in [5, 5.41) is 0. The van der Waals surface area contributed by atoms with Crippen LogP contribution in [0.25, 0.3) is 0 Å². The van der Waals surface area contributed by atoms with Gasteiger partial charge < -0.3 is 10.6 Å². The third-order valence-electron chi connectivity index (χ3n) is 3.22. The number of nitrogens with one attached hydrogen (secondary N) is 1. The molecule has 0 spiro atoms. The van der Waals surface area contributed by atoms with Crippen LogP contribution in [0.4, 0.5) is 0 Å². The molecule has 1 amide bonds. The second-order valence-corrected chi connectivity index (χ2v) is 7.91. The van der Waals surface area contributed by atoms with Gasteiger partial charge in [0.25, 0.3) is 10.0 Å². The van der Waals surface area contributed by atoms with Crippen LogP contribution in [0.2, 0.25) is 0 Å². The van der Waals surface area contributed by atoms with Gasteiger partial charge >= 0.3 is 0 Å². The van der Waals surface area contributed by atoms with Crippen molar-refractivity contribution in [2.75, 3.05) is 13.1 Å². The Morgan fingerprint density at radius 2 is 2.10 bits per heavy atom. The summed E-state index contributed by atoms with van der Waals surface area (Å²) in [6.45, 7) is 3.31. The van der Waals surface area contributed by atoms with E-state index in [9.17, 15) is 13.2 Å². The van der Waals surface area contributed by atoms with Crippen molar-refractivity contribution in [2.24, 2.45) is 5.73 Å². The lowest BCUT2D eigenvalue weighted by Crippen LogP contribution is -2.45. The fourth-order valence-corrected chi connectivity index (χ4v) is 4.61. The number of likely N-dealkylation sites (tertiary alicyclic amines) is 1. The molecule has 0 aromatic carbocycles. The molecule has 2 rings (SSSR count). The average molecular weight is 317 g/mol. The highest BCUT2D eigenvalue weighted by molar-refractivity contribution is 7.91. The summed E-state index contributed by atoms with van der Waals surface area (Å²) in [7, 11) is -3.66. The number of nitrogens with zero attached hydrogens (tertiary/aromatic N) is 1. The molecule has 1 aliphatic heterocycles. The van der Waals surface area contributed by atoms with Crippen LogP contribution in [-0.4, -0.2) is 38.4 Å². The Hall–Kier alpha value is -0.960. The molecule has 3 N–H and O–H groups in total. The highest BCUT2D eigenvalue weighted by atomic mass is 32.2. The zero-order valence-electron chi connectivity index (χ0n) is 11.3. The van der Waals surface area contributed by atoms with Crippen molar-refractivity contribution >= 4 is 27.3 Å². The molecule has 0 radical (unpaired) electrons. The number of nitrogens with two attached hydrogens (primary N) is 1. The van der Waals surface area contributed by atoms with Gasteiger partial charge in [0.1, 0.15) is 4.21 Å². The topological polar surface area (TPSA) is 92.5 Å². The first-order valence-electron chi connectivity index (χ1n) is 6.54. The summed E-state index contributed by atoms with van der Waals surface area (Å²) in [4.78, 5) is 14.6. The molecule has 20 heavy (non-hydrogen) atoms. The van der Waals surface area contributed by atoms with Crippen LogP contribution in [0, 0.1) is 0 Å². The van der Waals surface area contributed by atoms with Gasteiger partial charge in [-0.05, 0) is 31.9 Å². The molecule has 1 aromatic heterocycles. The normalized spacial score (nSPS) is 17.4. The first kappa shape index (κ1) is 15.4. The van der Waals surface area contributed by atoms with Crippen LogP contribution in [-0.2, 0) is 21.4 Å². The maximum atomic E-state index is 12.2. The molecule has 112 valence electrons. The van der Waals surface area contributed by atoms with E-state index in [-0.39, 0.29) is 10.1 Å². The minimum absolute atomic E-state index is 0.165. The summed E-state index contributed by atoms with van der Waals surface area (Å²) < 4.78 is 27.0. The van der Waals surface area contributed by atoms with Gasteiger partial charge in [-0.25, -0.2) is 8.42 Å². The Bertz CT molecular complexity index is 577. The molecule has 6 nitrogen and oxygen atoms in total. The van der Waals surface area contributed by atoms with Gasteiger partial charge in [0.15, 0.2) is 0 Å². The molecule has 1 atom stereocenters. The Balaban J connectivity index is 2.05. The fourth-order valence-electron chi connectivity index (χ4n) is 2.16. The van der Waals surface area contributed by atoms with Crippen molar-refractivity contribution in [1.82, 2.24) is 9.62 Å². The van der Waals surface area contributed by atoms with E-state index in [1.54, 1.807) is 17.9 Å². The van der Waals surface area contributed by atoms with Crippen LogP contribution in [0.1, 0.15) is 24.6 Å². The van der Waals surface area contributed by atoms with Gasteiger partial charge in [-0.1, -0.05) is 0 Å². The Labute approximate surface area is 123 Å². The number of hydrogen-bond acceptors (Lipinski definition) is 5. The zero-order chi connectivity index (χ0) is 14.8. The van der Waals surface area contributed by atoms with E-state index < -0.39 is 16.1 Å². The lowest BCUT2D eigenvalue weighted by atomic mass is 10.3. The molecule has 0 saturated carbocycles. The summed E-state index contributed by atoms with van der Waals surface area (Å²) in [5.41, 5.74) is 5.47. The number of carbonyl (C=O) groups excluding carboxylic acids is 1. The molecular weight excluding hydrogens is 298 g/mol. The van der Waals surface area contributed by atoms with Gasteiger partial charge in [0, 0.05) is 24.5 Å². The van der Waals surface area contributed by atoms with E-state index in [1.807, 2.05) is 0 Å². The summed E-state index contributed by atoms with van der Waals surface area (Å²) in [5.74, 6) is -0.165. The third-order valence-corrected chi connectivity index (χ3v) is 6.36. The quantitative estimate of drug-likeness (QED) is 0.827. The minimum Gasteiger partial charge on any atom is -0.341 e. The molecule has 1 fully saturated rings. The molecule has 1 saturated heterocycles. The molecule has 1 unspecified atom stereocenters. The molecule has 0 bridgehead atoms. The number of thiophene rings is 1. The Morgan fingerprint density at radius 1 is 1.45 bits per heavy atom. The van der Waals surface area contributed by atoms with E-state index in [4.69, 9.17) is 5.73 Å². The average Bonchev–Trinajstić information content (AvgIpc) is 3.08. The highest BCUT2D eigenvalue weighted by Crippen LogP contribution is 2.21. The van der Waals surface area contributed by atoms with Crippen LogP contribution in [0.5, 0.6) is 0 Å². The summed E-state index contributed by atoms with van der Waals surface area (Å²) in [6.07, 6.45) is 1.96. The SMILES string of the molecule is CC(NS(=O)(=O)c1ccc(CN)s1)C(=O)N1CCCC1. The number of sulfonamides is 1. The Morgan fingerprint density at radius 3 is 2.65 bits per heavy atom. The molecule has 1 aromatic rings.